The van der Waals surface area contributed by atoms with Crippen molar-refractivity contribution in [1.82, 2.24) is 15.5 Å². The third kappa shape index (κ3) is 8.91. The van der Waals surface area contributed by atoms with E-state index in [0.717, 1.165) is 63.4 Å². The van der Waals surface area contributed by atoms with Gasteiger partial charge in [0.2, 0.25) is 0 Å². The van der Waals surface area contributed by atoms with E-state index in [0.29, 0.717) is 13.2 Å². The van der Waals surface area contributed by atoms with Gasteiger partial charge in [0.1, 0.15) is 18.1 Å². The monoisotopic (exact) mass is 478 g/mol. The molecule has 1 fully saturated rings. The molecule has 1 aromatic carbocycles. The number of nitrogens with one attached hydrogen (secondary N) is 2. The molecule has 1 saturated heterocycles. The van der Waals surface area contributed by atoms with Gasteiger partial charge in [0.25, 0.3) is 0 Å². The molecule has 26 heavy (non-hydrogen) atoms. The maximum Gasteiger partial charge on any atom is 0.191 e. The molecule has 0 saturated carbocycles. The first-order valence-electron chi connectivity index (χ1n) is 8.91. The zero-order valence-corrected chi connectivity index (χ0v) is 18.0. The van der Waals surface area contributed by atoms with Gasteiger partial charge in [0, 0.05) is 26.2 Å². The molecule has 148 valence electrons. The van der Waals surface area contributed by atoms with E-state index in [1.165, 1.54) is 0 Å². The number of benzene rings is 1. The normalized spacial score (nSPS) is 15.1. The molecule has 0 atom stereocenters. The molecule has 0 aliphatic carbocycles. The third-order valence-electron chi connectivity index (χ3n) is 3.86. The number of guanidine groups is 1. The van der Waals surface area contributed by atoms with Crippen LogP contribution in [0.15, 0.2) is 29.3 Å². The molecule has 0 spiro atoms. The minimum absolute atomic E-state index is 0. The van der Waals surface area contributed by atoms with Crippen LogP contribution in [0, 0.1) is 0 Å². The highest BCUT2D eigenvalue weighted by atomic mass is 127. The van der Waals surface area contributed by atoms with E-state index < -0.39 is 0 Å². The Morgan fingerprint density at radius 2 is 1.85 bits per heavy atom. The number of ether oxygens (including phenoxy) is 3. The molecule has 0 unspecified atom stereocenters. The fourth-order valence-corrected chi connectivity index (χ4v) is 2.48. The topological polar surface area (TPSA) is 67.4 Å². The van der Waals surface area contributed by atoms with Gasteiger partial charge < -0.3 is 24.8 Å². The number of methoxy groups -OCH3 is 1. The Morgan fingerprint density at radius 3 is 2.50 bits per heavy atom. The van der Waals surface area contributed by atoms with E-state index in [1.54, 1.807) is 7.11 Å². The summed E-state index contributed by atoms with van der Waals surface area (Å²) in [6.45, 7) is 9.53. The van der Waals surface area contributed by atoms with Gasteiger partial charge in [-0.1, -0.05) is 0 Å². The van der Waals surface area contributed by atoms with Crippen molar-refractivity contribution in [1.29, 1.82) is 0 Å². The summed E-state index contributed by atoms with van der Waals surface area (Å²) in [5.41, 5.74) is 0. The number of aliphatic imine (C=N–C) groups is 1. The second-order valence-electron chi connectivity index (χ2n) is 5.67. The lowest BCUT2D eigenvalue weighted by Gasteiger charge is -2.25. The lowest BCUT2D eigenvalue weighted by molar-refractivity contribution is 0.0394. The van der Waals surface area contributed by atoms with E-state index in [4.69, 9.17) is 14.2 Å². The number of rotatable bonds is 9. The molecule has 7 nitrogen and oxygen atoms in total. The fraction of sp³-hybridized carbons (Fsp3) is 0.611. The number of nitrogens with zero attached hydrogens (tertiary/aromatic N) is 2. The standard InChI is InChI=1S/C18H30N4O3.HI/c1-3-19-18(20-8-10-22-11-14-24-15-12-22)21-9-13-25-17-6-4-16(23-2)5-7-17;/h4-7H,3,8-15H2,1-2H3,(H2,19,20,21);1H. The van der Waals surface area contributed by atoms with Crippen molar-refractivity contribution < 1.29 is 14.2 Å². The highest BCUT2D eigenvalue weighted by molar-refractivity contribution is 14.0. The number of halogens is 1. The van der Waals surface area contributed by atoms with Crippen LogP contribution in [0.4, 0.5) is 0 Å². The second-order valence-corrected chi connectivity index (χ2v) is 5.67. The van der Waals surface area contributed by atoms with Crippen LogP contribution < -0.4 is 20.1 Å². The van der Waals surface area contributed by atoms with Crippen molar-refractivity contribution in [2.24, 2.45) is 4.99 Å². The van der Waals surface area contributed by atoms with Crippen molar-refractivity contribution in [3.63, 3.8) is 0 Å². The summed E-state index contributed by atoms with van der Waals surface area (Å²) < 4.78 is 16.2. The molecular formula is C18H31IN4O3. The smallest absolute Gasteiger partial charge is 0.191 e. The molecule has 1 aromatic rings. The zero-order chi connectivity index (χ0) is 17.7. The highest BCUT2D eigenvalue weighted by Crippen LogP contribution is 2.16. The summed E-state index contributed by atoms with van der Waals surface area (Å²) in [6, 6.07) is 7.58. The van der Waals surface area contributed by atoms with E-state index in [1.807, 2.05) is 24.3 Å². The van der Waals surface area contributed by atoms with Gasteiger partial charge in [0.05, 0.1) is 33.4 Å². The Hall–Kier alpha value is -1.26. The molecule has 2 N–H and O–H groups in total. The van der Waals surface area contributed by atoms with Crippen LogP contribution in [0.2, 0.25) is 0 Å². The van der Waals surface area contributed by atoms with Gasteiger partial charge in [-0.15, -0.1) is 24.0 Å². The van der Waals surface area contributed by atoms with Crippen molar-refractivity contribution in [2.75, 3.05) is 66.2 Å². The summed E-state index contributed by atoms with van der Waals surface area (Å²) >= 11 is 0. The lowest BCUT2D eigenvalue weighted by atomic mass is 10.3. The van der Waals surface area contributed by atoms with Crippen molar-refractivity contribution in [3.05, 3.63) is 24.3 Å². The Morgan fingerprint density at radius 1 is 1.15 bits per heavy atom. The molecule has 8 heteroatoms. The Balaban J connectivity index is 0.00000338. The summed E-state index contributed by atoms with van der Waals surface area (Å²) in [5, 5.41) is 6.55. The number of hydrogen-bond acceptors (Lipinski definition) is 5. The van der Waals surface area contributed by atoms with E-state index in [2.05, 4.69) is 27.4 Å². The minimum atomic E-state index is 0. The second kappa shape index (κ2) is 13.9. The largest absolute Gasteiger partial charge is 0.497 e. The van der Waals surface area contributed by atoms with Gasteiger partial charge in [-0.05, 0) is 31.2 Å². The molecule has 0 bridgehead atoms. The lowest BCUT2D eigenvalue weighted by Crippen LogP contribution is -2.41. The quantitative estimate of drug-likeness (QED) is 0.243. The molecule has 1 aliphatic rings. The molecule has 0 radical (unpaired) electrons. The average molecular weight is 478 g/mol. The average Bonchev–Trinajstić information content (AvgIpc) is 2.66. The Labute approximate surface area is 173 Å². The van der Waals surface area contributed by atoms with Crippen LogP contribution in [0.3, 0.4) is 0 Å². The molecule has 0 aromatic heterocycles. The maximum absolute atomic E-state index is 5.71. The first-order chi connectivity index (χ1) is 12.3. The summed E-state index contributed by atoms with van der Waals surface area (Å²) in [4.78, 5) is 6.99. The SMILES string of the molecule is CCNC(=NCCN1CCOCC1)NCCOc1ccc(OC)cc1.I. The predicted molar refractivity (Wildman–Crippen MR) is 115 cm³/mol. The van der Waals surface area contributed by atoms with Gasteiger partial charge in [0.15, 0.2) is 5.96 Å². The molecule has 1 aliphatic heterocycles. The van der Waals surface area contributed by atoms with Crippen molar-refractivity contribution in [2.45, 2.75) is 6.92 Å². The molecule has 0 amide bonds. The molecular weight excluding hydrogens is 447 g/mol. The molecule has 1 heterocycles. The number of morpholine rings is 1. The van der Waals surface area contributed by atoms with Crippen molar-refractivity contribution in [3.8, 4) is 11.5 Å². The van der Waals surface area contributed by atoms with E-state index >= 15 is 0 Å². The maximum atomic E-state index is 5.71. The van der Waals surface area contributed by atoms with E-state index in [-0.39, 0.29) is 24.0 Å². The summed E-state index contributed by atoms with van der Waals surface area (Å²) in [7, 11) is 1.65. The van der Waals surface area contributed by atoms with Gasteiger partial charge >= 0.3 is 0 Å². The Bertz CT molecular complexity index is 508. The van der Waals surface area contributed by atoms with Crippen LogP contribution in [0.25, 0.3) is 0 Å². The molecule has 2 rings (SSSR count). The first-order valence-corrected chi connectivity index (χ1v) is 8.91. The number of hydrogen-bond donors (Lipinski definition) is 2. The zero-order valence-electron chi connectivity index (χ0n) is 15.7. The minimum Gasteiger partial charge on any atom is -0.497 e. The van der Waals surface area contributed by atoms with Crippen LogP contribution in [-0.2, 0) is 4.74 Å². The third-order valence-corrected chi connectivity index (χ3v) is 3.86. The Kier molecular flexibility index (Phi) is 12.2. The fourth-order valence-electron chi connectivity index (χ4n) is 2.48. The highest BCUT2D eigenvalue weighted by Gasteiger charge is 2.09. The van der Waals surface area contributed by atoms with Gasteiger partial charge in [-0.3, -0.25) is 9.89 Å². The first kappa shape index (κ1) is 22.8. The predicted octanol–water partition coefficient (Wildman–Crippen LogP) is 1.58. The van der Waals surface area contributed by atoms with Gasteiger partial charge in [-0.2, -0.15) is 0 Å². The summed E-state index contributed by atoms with van der Waals surface area (Å²) in [6.07, 6.45) is 0. The van der Waals surface area contributed by atoms with Gasteiger partial charge in [-0.25, -0.2) is 0 Å². The summed E-state index contributed by atoms with van der Waals surface area (Å²) in [5.74, 6) is 2.48. The van der Waals surface area contributed by atoms with Crippen LogP contribution in [-0.4, -0.2) is 77.1 Å². The van der Waals surface area contributed by atoms with Crippen LogP contribution in [0.1, 0.15) is 6.92 Å². The van der Waals surface area contributed by atoms with E-state index in [9.17, 15) is 0 Å². The van der Waals surface area contributed by atoms with Crippen LogP contribution >= 0.6 is 24.0 Å². The van der Waals surface area contributed by atoms with Crippen molar-refractivity contribution >= 4 is 29.9 Å². The van der Waals surface area contributed by atoms with Crippen LogP contribution in [0.5, 0.6) is 11.5 Å².